The molecule has 0 spiro atoms. The Kier molecular flexibility index (Phi) is 2.54. The van der Waals surface area contributed by atoms with Crippen molar-refractivity contribution in [2.75, 3.05) is 18.5 Å². The highest BCUT2D eigenvalue weighted by atomic mass is 32.1. The largest absolute Gasteiger partial charge is 0.379 e. The summed E-state index contributed by atoms with van der Waals surface area (Å²) < 4.78 is 5.11. The molecule has 2 heterocycles. The van der Waals surface area contributed by atoms with Crippen molar-refractivity contribution >= 4 is 22.4 Å². The molecule has 0 unspecified atom stereocenters. The highest BCUT2D eigenvalue weighted by Gasteiger charge is 2.42. The van der Waals surface area contributed by atoms with Crippen LogP contribution in [0.15, 0.2) is 0 Å². The van der Waals surface area contributed by atoms with E-state index in [2.05, 4.69) is 24.1 Å². The average molecular weight is 266 g/mol. The van der Waals surface area contributed by atoms with Crippen LogP contribution in [0.2, 0.25) is 0 Å². The van der Waals surface area contributed by atoms with Crippen LogP contribution in [0, 0.1) is 5.41 Å². The highest BCUT2D eigenvalue weighted by molar-refractivity contribution is 7.16. The normalized spacial score (nSPS) is 23.3. The van der Waals surface area contributed by atoms with Crippen LogP contribution in [-0.2, 0) is 21.4 Å². The molecule has 0 aromatic carbocycles. The third-order valence-electron chi connectivity index (χ3n) is 3.93. The molecule has 18 heavy (non-hydrogen) atoms. The zero-order valence-corrected chi connectivity index (χ0v) is 11.8. The molecule has 1 amide bonds. The van der Waals surface area contributed by atoms with Gasteiger partial charge in [0.25, 0.3) is 0 Å². The molecular formula is C13H18N2O2S. The quantitative estimate of drug-likeness (QED) is 0.894. The van der Waals surface area contributed by atoms with Crippen molar-refractivity contribution in [3.8, 4) is 0 Å². The molecule has 1 N–H and O–H groups in total. The second kappa shape index (κ2) is 3.78. The smallest absolute Gasteiger partial charge is 0.236 e. The van der Waals surface area contributed by atoms with Crippen molar-refractivity contribution in [1.29, 1.82) is 0 Å². The van der Waals surface area contributed by atoms with E-state index in [0.717, 1.165) is 23.7 Å². The maximum atomic E-state index is 12.1. The van der Waals surface area contributed by atoms with Crippen molar-refractivity contribution in [2.24, 2.45) is 5.41 Å². The van der Waals surface area contributed by atoms with E-state index in [-0.39, 0.29) is 16.7 Å². The third-order valence-corrected chi connectivity index (χ3v) is 4.96. The summed E-state index contributed by atoms with van der Waals surface area (Å²) in [6.45, 7) is 7.37. The van der Waals surface area contributed by atoms with Crippen LogP contribution in [0.5, 0.6) is 0 Å². The fourth-order valence-corrected chi connectivity index (χ4v) is 3.57. The number of nitrogens with one attached hydrogen (secondary N) is 1. The molecule has 0 bridgehead atoms. The van der Waals surface area contributed by atoms with Gasteiger partial charge in [-0.2, -0.15) is 0 Å². The number of anilines is 1. The van der Waals surface area contributed by atoms with E-state index >= 15 is 0 Å². The summed E-state index contributed by atoms with van der Waals surface area (Å²) in [6.07, 6.45) is 2.23. The summed E-state index contributed by atoms with van der Waals surface area (Å²) in [6, 6.07) is 0. The number of carbonyl (C=O) groups excluding carboxylic acids is 1. The van der Waals surface area contributed by atoms with Crippen molar-refractivity contribution in [3.05, 3.63) is 10.6 Å². The minimum Gasteiger partial charge on any atom is -0.379 e. The number of fused-ring (bicyclic) bond motifs is 1. The van der Waals surface area contributed by atoms with Gasteiger partial charge in [-0.3, -0.25) is 4.79 Å². The first-order valence-electron chi connectivity index (χ1n) is 6.30. The van der Waals surface area contributed by atoms with Gasteiger partial charge in [-0.25, -0.2) is 4.98 Å². The number of amides is 1. The second-order valence-electron chi connectivity index (χ2n) is 6.18. The number of carbonyl (C=O) groups is 1. The standard InChI is InChI=1S/C13H18N2O2S/c1-12(2)5-4-8-9(12)14-11(18-8)15-10(16)13(3)6-17-7-13/h4-7H2,1-3H3,(H,14,15,16). The Bertz CT molecular complexity index is 503. The van der Waals surface area contributed by atoms with Gasteiger partial charge in [0, 0.05) is 10.3 Å². The van der Waals surface area contributed by atoms with Gasteiger partial charge in [0.05, 0.1) is 24.3 Å². The molecular weight excluding hydrogens is 248 g/mol. The third kappa shape index (κ3) is 1.77. The number of aryl methyl sites for hydroxylation is 1. The Balaban J connectivity index is 1.77. The van der Waals surface area contributed by atoms with E-state index < -0.39 is 0 Å². The molecule has 0 radical (unpaired) electrons. The molecule has 5 heteroatoms. The van der Waals surface area contributed by atoms with Gasteiger partial charge in [-0.05, 0) is 19.8 Å². The molecule has 1 aromatic rings. The van der Waals surface area contributed by atoms with Gasteiger partial charge in [-0.1, -0.05) is 13.8 Å². The molecule has 1 aliphatic carbocycles. The van der Waals surface area contributed by atoms with E-state index in [4.69, 9.17) is 4.74 Å². The number of ether oxygens (including phenoxy) is 1. The van der Waals surface area contributed by atoms with Crippen molar-refractivity contribution in [2.45, 2.75) is 39.0 Å². The molecule has 1 aromatic heterocycles. The average Bonchev–Trinajstić information content (AvgIpc) is 2.77. The Hall–Kier alpha value is -0.940. The Morgan fingerprint density at radius 3 is 2.67 bits per heavy atom. The number of nitrogens with zero attached hydrogens (tertiary/aromatic N) is 1. The minimum atomic E-state index is -0.369. The number of hydrogen-bond donors (Lipinski definition) is 1. The highest BCUT2D eigenvalue weighted by Crippen LogP contribution is 2.42. The Morgan fingerprint density at radius 1 is 1.39 bits per heavy atom. The zero-order chi connectivity index (χ0) is 13.0. The predicted octanol–water partition coefficient (Wildman–Crippen LogP) is 2.34. The molecule has 4 nitrogen and oxygen atoms in total. The van der Waals surface area contributed by atoms with E-state index in [1.165, 1.54) is 4.88 Å². The van der Waals surface area contributed by atoms with Crippen molar-refractivity contribution in [1.82, 2.24) is 4.98 Å². The predicted molar refractivity (Wildman–Crippen MR) is 71.0 cm³/mol. The lowest BCUT2D eigenvalue weighted by atomic mass is 9.88. The lowest BCUT2D eigenvalue weighted by molar-refractivity contribution is -0.151. The first-order valence-corrected chi connectivity index (χ1v) is 7.12. The van der Waals surface area contributed by atoms with E-state index in [9.17, 15) is 4.79 Å². The van der Waals surface area contributed by atoms with Crippen LogP contribution in [0.25, 0.3) is 0 Å². The lowest BCUT2D eigenvalue weighted by Crippen LogP contribution is -2.49. The minimum absolute atomic E-state index is 0.0268. The summed E-state index contributed by atoms with van der Waals surface area (Å²) in [5.74, 6) is 0.0268. The summed E-state index contributed by atoms with van der Waals surface area (Å²) in [5.41, 5.74) is 0.946. The summed E-state index contributed by atoms with van der Waals surface area (Å²) in [7, 11) is 0. The van der Waals surface area contributed by atoms with Gasteiger partial charge in [0.1, 0.15) is 0 Å². The topological polar surface area (TPSA) is 51.2 Å². The number of thiazole rings is 1. The first-order chi connectivity index (χ1) is 8.41. The maximum absolute atomic E-state index is 12.1. The number of hydrogen-bond acceptors (Lipinski definition) is 4. The van der Waals surface area contributed by atoms with Crippen LogP contribution in [0.1, 0.15) is 37.8 Å². The van der Waals surface area contributed by atoms with Gasteiger partial charge in [0.15, 0.2) is 5.13 Å². The fraction of sp³-hybridized carbons (Fsp3) is 0.692. The molecule has 1 fully saturated rings. The van der Waals surface area contributed by atoms with Gasteiger partial charge < -0.3 is 10.1 Å². The molecule has 0 atom stereocenters. The number of rotatable bonds is 2. The molecule has 2 aliphatic rings. The molecule has 3 rings (SSSR count). The van der Waals surface area contributed by atoms with Crippen LogP contribution in [0.4, 0.5) is 5.13 Å². The maximum Gasteiger partial charge on any atom is 0.236 e. The van der Waals surface area contributed by atoms with Crippen molar-refractivity contribution < 1.29 is 9.53 Å². The van der Waals surface area contributed by atoms with Crippen LogP contribution in [-0.4, -0.2) is 24.1 Å². The Morgan fingerprint density at radius 2 is 2.11 bits per heavy atom. The van der Waals surface area contributed by atoms with Crippen LogP contribution < -0.4 is 5.32 Å². The first kappa shape index (κ1) is 12.1. The number of aromatic nitrogens is 1. The SMILES string of the molecule is CC1(C(=O)Nc2nc3c(s2)CCC3(C)C)COC1. The fourth-order valence-electron chi connectivity index (χ4n) is 2.44. The van der Waals surface area contributed by atoms with Gasteiger partial charge in [-0.15, -0.1) is 11.3 Å². The summed E-state index contributed by atoms with van der Waals surface area (Å²) in [5, 5.41) is 3.68. The van der Waals surface area contributed by atoms with Crippen molar-refractivity contribution in [3.63, 3.8) is 0 Å². The molecule has 98 valence electrons. The zero-order valence-electron chi connectivity index (χ0n) is 11.0. The van der Waals surface area contributed by atoms with Crippen LogP contribution in [0.3, 0.4) is 0 Å². The summed E-state index contributed by atoms with van der Waals surface area (Å²) >= 11 is 1.62. The molecule has 1 saturated heterocycles. The van der Waals surface area contributed by atoms with Gasteiger partial charge >= 0.3 is 0 Å². The monoisotopic (exact) mass is 266 g/mol. The Labute approximate surface area is 111 Å². The summed E-state index contributed by atoms with van der Waals surface area (Å²) in [4.78, 5) is 18.0. The molecule has 1 aliphatic heterocycles. The van der Waals surface area contributed by atoms with Gasteiger partial charge in [0.2, 0.25) is 5.91 Å². The lowest BCUT2D eigenvalue weighted by Gasteiger charge is -2.35. The van der Waals surface area contributed by atoms with Crippen LogP contribution >= 0.6 is 11.3 Å². The second-order valence-corrected chi connectivity index (χ2v) is 7.27. The molecule has 0 saturated carbocycles. The van der Waals surface area contributed by atoms with E-state index in [1.807, 2.05) is 6.92 Å². The van der Waals surface area contributed by atoms with E-state index in [0.29, 0.717) is 13.2 Å². The van der Waals surface area contributed by atoms with E-state index in [1.54, 1.807) is 11.3 Å².